The molecule has 0 fully saturated rings. The Balaban J connectivity index is 1.98. The standard InChI is InChI=1S/C13H12Br3NO/c1-8(9-3-2-4-10(14)5-9)17-7-11-6-12(15)13(16)18-11/h2-6,8,17H,7H2,1H3/t8-/m0/s1. The van der Waals surface area contributed by atoms with Crippen molar-refractivity contribution in [3.05, 3.63) is 55.3 Å². The van der Waals surface area contributed by atoms with E-state index in [2.05, 4.69) is 72.2 Å². The summed E-state index contributed by atoms with van der Waals surface area (Å²) in [7, 11) is 0. The van der Waals surface area contributed by atoms with E-state index in [4.69, 9.17) is 4.42 Å². The van der Waals surface area contributed by atoms with Crippen molar-refractivity contribution in [1.82, 2.24) is 5.32 Å². The number of hydrogen-bond acceptors (Lipinski definition) is 2. The van der Waals surface area contributed by atoms with Gasteiger partial charge in [-0.1, -0.05) is 28.1 Å². The molecule has 0 aliphatic heterocycles. The molecule has 2 aromatic rings. The van der Waals surface area contributed by atoms with E-state index in [9.17, 15) is 0 Å². The molecule has 0 aliphatic carbocycles. The molecule has 1 aromatic carbocycles. The maximum absolute atomic E-state index is 5.52. The number of benzene rings is 1. The van der Waals surface area contributed by atoms with Crippen molar-refractivity contribution in [3.63, 3.8) is 0 Å². The first-order valence-corrected chi connectivity index (χ1v) is 7.86. The second kappa shape index (κ2) is 6.37. The number of furan rings is 1. The summed E-state index contributed by atoms with van der Waals surface area (Å²) in [4.78, 5) is 0. The second-order valence-electron chi connectivity index (χ2n) is 3.99. The minimum atomic E-state index is 0.269. The summed E-state index contributed by atoms with van der Waals surface area (Å²) in [5.41, 5.74) is 1.24. The van der Waals surface area contributed by atoms with E-state index < -0.39 is 0 Å². The van der Waals surface area contributed by atoms with Crippen LogP contribution in [0.5, 0.6) is 0 Å². The third-order valence-corrected chi connectivity index (χ3v) is 4.83. The van der Waals surface area contributed by atoms with Crippen LogP contribution in [-0.4, -0.2) is 0 Å². The van der Waals surface area contributed by atoms with Gasteiger partial charge >= 0.3 is 0 Å². The topological polar surface area (TPSA) is 25.2 Å². The van der Waals surface area contributed by atoms with Crippen molar-refractivity contribution in [2.24, 2.45) is 0 Å². The SMILES string of the molecule is C[C@H](NCc1cc(Br)c(Br)o1)c1cccc(Br)c1. The van der Waals surface area contributed by atoms with Gasteiger partial charge in [-0.15, -0.1) is 0 Å². The number of rotatable bonds is 4. The van der Waals surface area contributed by atoms with Gasteiger partial charge < -0.3 is 9.73 Å². The zero-order valence-electron chi connectivity index (χ0n) is 9.71. The first-order valence-electron chi connectivity index (χ1n) is 5.49. The van der Waals surface area contributed by atoms with Gasteiger partial charge in [0.25, 0.3) is 0 Å². The Morgan fingerprint density at radius 3 is 2.61 bits per heavy atom. The monoisotopic (exact) mass is 435 g/mol. The molecule has 5 heteroatoms. The summed E-state index contributed by atoms with van der Waals surface area (Å²) in [5.74, 6) is 0.899. The molecule has 0 saturated carbocycles. The Morgan fingerprint density at radius 1 is 1.22 bits per heavy atom. The predicted molar refractivity (Wildman–Crippen MR) is 83.5 cm³/mol. The number of halogens is 3. The van der Waals surface area contributed by atoms with Crippen molar-refractivity contribution >= 4 is 47.8 Å². The van der Waals surface area contributed by atoms with Crippen LogP contribution < -0.4 is 5.32 Å². The molecule has 0 saturated heterocycles. The summed E-state index contributed by atoms with van der Waals surface area (Å²) in [5, 5.41) is 3.43. The lowest BCUT2D eigenvalue weighted by molar-refractivity contribution is 0.446. The number of hydrogen-bond donors (Lipinski definition) is 1. The van der Waals surface area contributed by atoms with E-state index in [1.807, 2.05) is 18.2 Å². The predicted octanol–water partition coefficient (Wildman–Crippen LogP) is 5.42. The highest BCUT2D eigenvalue weighted by atomic mass is 79.9. The Hall–Kier alpha value is -0.100. The van der Waals surface area contributed by atoms with Gasteiger partial charge in [-0.3, -0.25) is 0 Å². The minimum Gasteiger partial charge on any atom is -0.452 e. The molecule has 18 heavy (non-hydrogen) atoms. The van der Waals surface area contributed by atoms with E-state index in [0.29, 0.717) is 6.54 Å². The van der Waals surface area contributed by atoms with Crippen molar-refractivity contribution in [1.29, 1.82) is 0 Å². The third-order valence-electron chi connectivity index (χ3n) is 2.63. The summed E-state index contributed by atoms with van der Waals surface area (Å²) < 4.78 is 8.29. The molecule has 0 radical (unpaired) electrons. The average Bonchev–Trinajstić information content (AvgIpc) is 2.66. The quantitative estimate of drug-likeness (QED) is 0.691. The normalized spacial score (nSPS) is 12.7. The number of nitrogens with one attached hydrogen (secondary N) is 1. The Labute approximate surface area is 132 Å². The zero-order valence-corrected chi connectivity index (χ0v) is 14.5. The van der Waals surface area contributed by atoms with Crippen molar-refractivity contribution in [2.45, 2.75) is 19.5 Å². The molecule has 96 valence electrons. The lowest BCUT2D eigenvalue weighted by atomic mass is 10.1. The van der Waals surface area contributed by atoms with Crippen LogP contribution in [0, 0.1) is 0 Å². The highest BCUT2D eigenvalue weighted by molar-refractivity contribution is 9.13. The van der Waals surface area contributed by atoms with Gasteiger partial charge in [-0.25, -0.2) is 0 Å². The van der Waals surface area contributed by atoms with E-state index in [-0.39, 0.29) is 6.04 Å². The first kappa shape index (κ1) is 14.3. The molecule has 0 bridgehead atoms. The molecule has 0 unspecified atom stereocenters. The lowest BCUT2D eigenvalue weighted by Gasteiger charge is -2.13. The van der Waals surface area contributed by atoms with Crippen molar-refractivity contribution < 1.29 is 4.42 Å². The van der Waals surface area contributed by atoms with Crippen LogP contribution in [0.25, 0.3) is 0 Å². The molecule has 1 aromatic heterocycles. The highest BCUT2D eigenvalue weighted by Crippen LogP contribution is 2.27. The lowest BCUT2D eigenvalue weighted by Crippen LogP contribution is -2.17. The summed E-state index contributed by atoms with van der Waals surface area (Å²) in [6, 6.07) is 10.5. The van der Waals surface area contributed by atoms with Crippen LogP contribution >= 0.6 is 47.8 Å². The smallest absolute Gasteiger partial charge is 0.183 e. The van der Waals surface area contributed by atoms with Gasteiger partial charge in [0, 0.05) is 10.5 Å². The molecule has 0 amide bonds. The van der Waals surface area contributed by atoms with Crippen LogP contribution in [0.15, 0.2) is 48.4 Å². The second-order valence-corrected chi connectivity index (χ2v) is 6.48. The van der Waals surface area contributed by atoms with E-state index in [1.165, 1.54) is 5.56 Å². The van der Waals surface area contributed by atoms with Crippen molar-refractivity contribution in [2.75, 3.05) is 0 Å². The maximum atomic E-state index is 5.52. The van der Waals surface area contributed by atoms with Crippen LogP contribution in [-0.2, 0) is 6.54 Å². The Kier molecular flexibility index (Phi) is 5.06. The van der Waals surface area contributed by atoms with Crippen LogP contribution in [0.1, 0.15) is 24.3 Å². The molecular formula is C13H12Br3NO. The first-order chi connectivity index (χ1) is 8.56. The zero-order chi connectivity index (χ0) is 13.1. The van der Waals surface area contributed by atoms with Gasteiger partial charge in [0.2, 0.25) is 0 Å². The van der Waals surface area contributed by atoms with Gasteiger partial charge in [0.05, 0.1) is 11.0 Å². The van der Waals surface area contributed by atoms with Crippen LogP contribution in [0.4, 0.5) is 0 Å². The van der Waals surface area contributed by atoms with Crippen LogP contribution in [0.2, 0.25) is 0 Å². The van der Waals surface area contributed by atoms with E-state index in [0.717, 1.165) is 19.4 Å². The molecule has 0 aliphatic rings. The fraction of sp³-hybridized carbons (Fsp3) is 0.231. The Bertz CT molecular complexity index is 519. The fourth-order valence-electron chi connectivity index (χ4n) is 1.63. The molecule has 0 spiro atoms. The van der Waals surface area contributed by atoms with Gasteiger partial charge in [0.1, 0.15) is 5.76 Å². The Morgan fingerprint density at radius 2 is 2.00 bits per heavy atom. The summed E-state index contributed by atoms with van der Waals surface area (Å²) in [6.07, 6.45) is 0. The molecule has 1 atom stereocenters. The fourth-order valence-corrected chi connectivity index (χ4v) is 2.70. The molecule has 2 rings (SSSR count). The molecule has 2 nitrogen and oxygen atoms in total. The van der Waals surface area contributed by atoms with Gasteiger partial charge in [-0.2, -0.15) is 0 Å². The summed E-state index contributed by atoms with van der Waals surface area (Å²) >= 11 is 10.2. The van der Waals surface area contributed by atoms with E-state index in [1.54, 1.807) is 0 Å². The van der Waals surface area contributed by atoms with Gasteiger partial charge in [-0.05, 0) is 62.5 Å². The average molecular weight is 438 g/mol. The molecule has 1 N–H and O–H groups in total. The highest BCUT2D eigenvalue weighted by Gasteiger charge is 2.09. The van der Waals surface area contributed by atoms with E-state index >= 15 is 0 Å². The molecule has 1 heterocycles. The summed E-state index contributed by atoms with van der Waals surface area (Å²) in [6.45, 7) is 2.83. The minimum absolute atomic E-state index is 0.269. The molecular weight excluding hydrogens is 426 g/mol. The van der Waals surface area contributed by atoms with Crippen molar-refractivity contribution in [3.8, 4) is 0 Å². The maximum Gasteiger partial charge on any atom is 0.183 e. The third kappa shape index (κ3) is 3.70. The van der Waals surface area contributed by atoms with Gasteiger partial charge in [0.15, 0.2) is 4.67 Å². The largest absolute Gasteiger partial charge is 0.452 e. The van der Waals surface area contributed by atoms with Crippen LogP contribution in [0.3, 0.4) is 0 Å².